The summed E-state index contributed by atoms with van der Waals surface area (Å²) in [5.74, 6) is -1.06. The molecule has 0 saturated carbocycles. The molecular weight excluding hydrogens is 292 g/mol. The van der Waals surface area contributed by atoms with Crippen molar-refractivity contribution in [2.45, 2.75) is 52.4 Å². The Morgan fingerprint density at radius 2 is 1.62 bits per heavy atom. The van der Waals surface area contributed by atoms with Crippen molar-refractivity contribution in [1.82, 2.24) is 0 Å². The Kier molecular flexibility index (Phi) is 10.6. The average molecular weight is 324 g/mol. The Morgan fingerprint density at radius 1 is 1.05 bits per heavy atom. The summed E-state index contributed by atoms with van der Waals surface area (Å²) >= 11 is 0. The highest BCUT2D eigenvalue weighted by molar-refractivity contribution is 6.53. The smallest absolute Gasteiger partial charge is 0.355 e. The van der Waals surface area contributed by atoms with Gasteiger partial charge in [0.15, 0.2) is 5.79 Å². The Balaban J connectivity index is 5.45. The molecule has 2 atom stereocenters. The van der Waals surface area contributed by atoms with Gasteiger partial charge in [-0.15, -0.1) is 0 Å². The van der Waals surface area contributed by atoms with Gasteiger partial charge in [-0.05, 0) is 33.7 Å². The summed E-state index contributed by atoms with van der Waals surface area (Å²) in [4.78, 5) is 0. The van der Waals surface area contributed by atoms with Crippen molar-refractivity contribution < 1.29 is 22.4 Å². The van der Waals surface area contributed by atoms with E-state index in [0.717, 1.165) is 0 Å². The summed E-state index contributed by atoms with van der Waals surface area (Å²) < 4.78 is 28.7. The molecule has 128 valence electrons. The van der Waals surface area contributed by atoms with Crippen molar-refractivity contribution in [3.8, 4) is 0 Å². The second-order valence-electron chi connectivity index (χ2n) is 4.47. The van der Waals surface area contributed by atoms with Gasteiger partial charge in [0.2, 0.25) is 0 Å². The highest BCUT2D eigenvalue weighted by Gasteiger charge is 2.53. The van der Waals surface area contributed by atoms with Gasteiger partial charge >= 0.3 is 9.05 Å². The van der Waals surface area contributed by atoms with Crippen LogP contribution in [-0.4, -0.2) is 54.4 Å². The first-order valence-electron chi connectivity index (χ1n) is 7.62. The monoisotopic (exact) mass is 324 g/mol. The van der Waals surface area contributed by atoms with Gasteiger partial charge in [-0.25, -0.2) is 0 Å². The molecule has 0 rings (SSSR count). The minimum atomic E-state index is -3.32. The molecule has 21 heavy (non-hydrogen) atoms. The van der Waals surface area contributed by atoms with Gasteiger partial charge in [0, 0.05) is 33.4 Å². The number of ether oxygens (including phenoxy) is 1. The Labute approximate surface area is 129 Å². The molecule has 7 nitrogen and oxygen atoms in total. The first kappa shape index (κ1) is 20.9. The lowest BCUT2D eigenvalue weighted by atomic mass is 10.0. The largest absolute Gasteiger partial charge is 0.681 e. The molecule has 0 aromatic heterocycles. The Hall–Kier alpha value is -0.0631. The molecule has 0 aliphatic carbocycles. The lowest BCUT2D eigenvalue weighted by Gasteiger charge is -2.42. The highest BCUT2D eigenvalue weighted by atomic mass is 28.4. The first-order chi connectivity index (χ1) is 9.99. The maximum Gasteiger partial charge on any atom is 0.681 e. The van der Waals surface area contributed by atoms with E-state index in [2.05, 4.69) is 0 Å². The number of hydrogen-bond donors (Lipinski definition) is 2. The topological polar surface area (TPSA) is 98.2 Å². The Morgan fingerprint density at radius 3 is 1.95 bits per heavy atom. The molecule has 0 saturated heterocycles. The second-order valence-corrected chi connectivity index (χ2v) is 6.66. The lowest BCUT2D eigenvalue weighted by molar-refractivity contribution is -0.238. The molecule has 0 aliphatic heterocycles. The van der Waals surface area contributed by atoms with Crippen LogP contribution in [0.2, 0.25) is 0 Å². The van der Waals surface area contributed by atoms with Crippen molar-refractivity contribution >= 4 is 9.05 Å². The van der Waals surface area contributed by atoms with Gasteiger partial charge in [-0.2, -0.15) is 0 Å². The molecule has 0 bridgehead atoms. The van der Waals surface area contributed by atoms with Crippen LogP contribution < -0.4 is 11.5 Å². The fourth-order valence-corrected chi connectivity index (χ4v) is 4.07. The lowest BCUT2D eigenvalue weighted by Crippen LogP contribution is -2.62. The van der Waals surface area contributed by atoms with Gasteiger partial charge in [0.05, 0.1) is 6.04 Å². The highest BCUT2D eigenvalue weighted by Crippen LogP contribution is 2.29. The minimum absolute atomic E-state index is 0.357. The van der Waals surface area contributed by atoms with Crippen molar-refractivity contribution in [3.63, 3.8) is 0 Å². The third-order valence-corrected chi connectivity index (χ3v) is 5.46. The molecule has 0 fully saturated rings. The summed E-state index contributed by atoms with van der Waals surface area (Å²) in [6, 6.07) is -0.357. The van der Waals surface area contributed by atoms with E-state index in [-0.39, 0.29) is 6.04 Å². The van der Waals surface area contributed by atoms with Crippen LogP contribution in [0, 0.1) is 0 Å². The molecule has 0 amide bonds. The van der Waals surface area contributed by atoms with Crippen LogP contribution in [0.25, 0.3) is 0 Å². The zero-order valence-electron chi connectivity index (χ0n) is 14.0. The Bertz CT molecular complexity index is 259. The molecule has 0 heterocycles. The minimum Gasteiger partial charge on any atom is -0.355 e. The third-order valence-electron chi connectivity index (χ3n) is 3.08. The fraction of sp³-hybridized carbons (Fsp3) is 1.00. The van der Waals surface area contributed by atoms with Crippen LogP contribution in [0.1, 0.15) is 40.5 Å². The molecule has 2 unspecified atom stereocenters. The summed E-state index contributed by atoms with van der Waals surface area (Å²) in [5.41, 5.74) is 12.0. The molecule has 0 aromatic carbocycles. The average Bonchev–Trinajstić information content (AvgIpc) is 2.47. The SMILES string of the molecule is CCOC(CCN)(O[Si](OC)(OCC)OCC)C(N)CC. The fourth-order valence-electron chi connectivity index (χ4n) is 2.10. The molecule has 0 aliphatic rings. The number of nitrogens with two attached hydrogens (primary N) is 2. The van der Waals surface area contributed by atoms with Crippen LogP contribution in [0.15, 0.2) is 0 Å². The van der Waals surface area contributed by atoms with E-state index in [1.165, 1.54) is 7.11 Å². The van der Waals surface area contributed by atoms with Crippen LogP contribution in [-0.2, 0) is 22.4 Å². The molecule has 0 aromatic rings. The number of hydrogen-bond acceptors (Lipinski definition) is 7. The van der Waals surface area contributed by atoms with Crippen LogP contribution >= 0.6 is 0 Å². The third kappa shape index (κ3) is 5.91. The van der Waals surface area contributed by atoms with Gasteiger partial charge < -0.3 is 33.9 Å². The summed E-state index contributed by atoms with van der Waals surface area (Å²) in [6.45, 7) is 9.20. The maximum atomic E-state index is 6.23. The zero-order chi connectivity index (χ0) is 16.4. The van der Waals surface area contributed by atoms with Gasteiger partial charge in [0.25, 0.3) is 0 Å². The van der Waals surface area contributed by atoms with E-state index in [4.69, 9.17) is 33.9 Å². The molecule has 0 radical (unpaired) electrons. The second kappa shape index (κ2) is 10.6. The van der Waals surface area contributed by atoms with Crippen molar-refractivity contribution in [3.05, 3.63) is 0 Å². The standard InChI is InChI=1S/C13H32N2O5Si/c1-6-12(15)13(10-11-14,17-7-2)20-21(16-5,18-8-3)19-9-4/h12H,6-11,14-15H2,1-5H3. The van der Waals surface area contributed by atoms with E-state index in [1.54, 1.807) is 0 Å². The van der Waals surface area contributed by atoms with Crippen molar-refractivity contribution in [1.29, 1.82) is 0 Å². The molecule has 0 spiro atoms. The normalized spacial score (nSPS) is 16.7. The van der Waals surface area contributed by atoms with Crippen LogP contribution in [0.4, 0.5) is 0 Å². The van der Waals surface area contributed by atoms with Gasteiger partial charge in [0.1, 0.15) is 0 Å². The van der Waals surface area contributed by atoms with Crippen LogP contribution in [0.5, 0.6) is 0 Å². The molecule has 8 heteroatoms. The quantitative estimate of drug-likeness (QED) is 0.385. The zero-order valence-corrected chi connectivity index (χ0v) is 15.0. The number of rotatable bonds is 13. The van der Waals surface area contributed by atoms with E-state index in [0.29, 0.717) is 39.2 Å². The summed E-state index contributed by atoms with van der Waals surface area (Å²) in [6.07, 6.45) is 1.11. The summed E-state index contributed by atoms with van der Waals surface area (Å²) in [5, 5.41) is 0. The van der Waals surface area contributed by atoms with Gasteiger partial charge in [-0.3, -0.25) is 0 Å². The maximum absolute atomic E-state index is 6.23. The van der Waals surface area contributed by atoms with E-state index < -0.39 is 14.8 Å². The van der Waals surface area contributed by atoms with Crippen LogP contribution in [0.3, 0.4) is 0 Å². The van der Waals surface area contributed by atoms with Crippen molar-refractivity contribution in [2.24, 2.45) is 11.5 Å². The molecular formula is C13H32N2O5Si. The van der Waals surface area contributed by atoms with E-state index in [1.807, 2.05) is 27.7 Å². The van der Waals surface area contributed by atoms with Gasteiger partial charge in [-0.1, -0.05) is 6.92 Å². The van der Waals surface area contributed by atoms with E-state index >= 15 is 0 Å². The molecule has 4 N–H and O–H groups in total. The predicted octanol–water partition coefficient (Wildman–Crippen LogP) is 0.977. The first-order valence-corrected chi connectivity index (χ1v) is 9.25. The van der Waals surface area contributed by atoms with Crippen molar-refractivity contribution in [2.75, 3.05) is 33.5 Å². The predicted molar refractivity (Wildman–Crippen MR) is 83.4 cm³/mol. The summed E-state index contributed by atoms with van der Waals surface area (Å²) in [7, 11) is -1.81. The van der Waals surface area contributed by atoms with E-state index in [9.17, 15) is 0 Å².